The predicted molar refractivity (Wildman–Crippen MR) is 181 cm³/mol. The highest BCUT2D eigenvalue weighted by atomic mass is 35.5. The molecule has 236 valence electrons. The van der Waals surface area contributed by atoms with Crippen LogP contribution in [0.5, 0.6) is 0 Å². The third-order valence-electron chi connectivity index (χ3n) is 7.25. The van der Waals surface area contributed by atoms with Crippen LogP contribution in [-0.4, -0.2) is 43.3 Å². The lowest BCUT2D eigenvalue weighted by Crippen LogP contribution is -2.56. The number of carbonyl (C=O) groups is 2. The maximum absolute atomic E-state index is 14.5. The van der Waals surface area contributed by atoms with Gasteiger partial charge in [-0.2, -0.15) is 0 Å². The summed E-state index contributed by atoms with van der Waals surface area (Å²) in [4.78, 5) is 30.0. The number of aryl methyl sites for hydroxylation is 2. The first-order valence-corrected chi connectivity index (χ1v) is 16.6. The van der Waals surface area contributed by atoms with Crippen LogP contribution < -0.4 is 9.62 Å². The van der Waals surface area contributed by atoms with Crippen molar-refractivity contribution in [2.45, 2.75) is 64.1 Å². The zero-order valence-corrected chi connectivity index (χ0v) is 27.9. The zero-order valence-electron chi connectivity index (χ0n) is 26.3. The van der Waals surface area contributed by atoms with E-state index in [0.29, 0.717) is 10.7 Å². The van der Waals surface area contributed by atoms with Crippen molar-refractivity contribution in [1.29, 1.82) is 0 Å². The lowest BCUT2D eigenvalue weighted by atomic mass is 10.0. The molecule has 2 amide bonds. The second-order valence-electron chi connectivity index (χ2n) is 12.3. The molecule has 0 aromatic heterocycles. The highest BCUT2D eigenvalue weighted by molar-refractivity contribution is 7.92. The third-order valence-corrected chi connectivity index (χ3v) is 9.29. The molecule has 1 atom stereocenters. The molecule has 0 aliphatic rings. The van der Waals surface area contributed by atoms with E-state index < -0.39 is 34.1 Å². The molecule has 1 N–H and O–H groups in total. The van der Waals surface area contributed by atoms with Crippen LogP contribution in [0.15, 0.2) is 108 Å². The molecule has 0 fully saturated rings. The average molecular weight is 646 g/mol. The minimum atomic E-state index is -4.16. The van der Waals surface area contributed by atoms with Crippen molar-refractivity contribution in [2.75, 3.05) is 10.8 Å². The average Bonchev–Trinajstić information content (AvgIpc) is 2.99. The van der Waals surface area contributed by atoms with Crippen LogP contribution in [0.2, 0.25) is 5.02 Å². The second-order valence-corrected chi connectivity index (χ2v) is 14.6. The number of carbonyl (C=O) groups excluding carboxylic acids is 2. The van der Waals surface area contributed by atoms with E-state index >= 15 is 0 Å². The van der Waals surface area contributed by atoms with Gasteiger partial charge in [0, 0.05) is 23.5 Å². The molecule has 45 heavy (non-hydrogen) atoms. The van der Waals surface area contributed by atoms with Crippen LogP contribution in [0.25, 0.3) is 0 Å². The number of anilines is 1. The minimum Gasteiger partial charge on any atom is -0.350 e. The van der Waals surface area contributed by atoms with E-state index in [9.17, 15) is 18.0 Å². The number of hydrogen-bond acceptors (Lipinski definition) is 4. The maximum Gasteiger partial charge on any atom is 0.264 e. The third kappa shape index (κ3) is 9.19. The predicted octanol–water partition coefficient (Wildman–Crippen LogP) is 6.71. The highest BCUT2D eigenvalue weighted by Gasteiger charge is 2.35. The molecule has 0 saturated carbocycles. The van der Waals surface area contributed by atoms with E-state index in [1.54, 1.807) is 60.7 Å². The molecule has 7 nitrogen and oxygen atoms in total. The Bertz CT molecular complexity index is 1700. The largest absolute Gasteiger partial charge is 0.350 e. The fourth-order valence-electron chi connectivity index (χ4n) is 4.87. The van der Waals surface area contributed by atoms with Gasteiger partial charge in [0.15, 0.2) is 0 Å². The van der Waals surface area contributed by atoms with Gasteiger partial charge in [0.05, 0.1) is 10.6 Å². The van der Waals surface area contributed by atoms with Crippen molar-refractivity contribution in [3.8, 4) is 0 Å². The van der Waals surface area contributed by atoms with Crippen molar-refractivity contribution in [3.63, 3.8) is 0 Å². The Balaban J connectivity index is 1.81. The minimum absolute atomic E-state index is 0.0667. The van der Waals surface area contributed by atoms with E-state index in [2.05, 4.69) is 5.32 Å². The Kier molecular flexibility index (Phi) is 10.7. The Labute approximate surface area is 271 Å². The summed E-state index contributed by atoms with van der Waals surface area (Å²) < 4.78 is 29.4. The smallest absolute Gasteiger partial charge is 0.264 e. The molecule has 0 spiro atoms. The SMILES string of the molecule is Cc1ccc(N(CC(=O)N(Cc2ccc(Cl)cc2)[C@@H](Cc2ccccc2)C(=O)NC(C)(C)C)S(=O)(=O)c2ccc(C)cc2)cc1. The molecule has 0 aliphatic heterocycles. The van der Waals surface area contributed by atoms with Crippen LogP contribution in [0.1, 0.15) is 43.0 Å². The van der Waals surface area contributed by atoms with Crippen LogP contribution in [-0.2, 0) is 32.6 Å². The molecule has 4 rings (SSSR count). The number of nitrogens with one attached hydrogen (secondary N) is 1. The molecular weight excluding hydrogens is 606 g/mol. The van der Waals surface area contributed by atoms with Crippen molar-refractivity contribution < 1.29 is 18.0 Å². The second kappa shape index (κ2) is 14.3. The molecule has 0 unspecified atom stereocenters. The van der Waals surface area contributed by atoms with Crippen molar-refractivity contribution in [1.82, 2.24) is 10.2 Å². The number of benzene rings is 4. The highest BCUT2D eigenvalue weighted by Crippen LogP contribution is 2.26. The Morgan fingerprint density at radius 2 is 1.33 bits per heavy atom. The fourth-order valence-corrected chi connectivity index (χ4v) is 6.41. The Morgan fingerprint density at radius 3 is 1.89 bits per heavy atom. The summed E-state index contributed by atoms with van der Waals surface area (Å²) in [6.45, 7) is 8.97. The van der Waals surface area contributed by atoms with Gasteiger partial charge in [0.25, 0.3) is 10.0 Å². The summed E-state index contributed by atoms with van der Waals surface area (Å²) in [5.41, 5.74) is 3.25. The maximum atomic E-state index is 14.5. The lowest BCUT2D eigenvalue weighted by molar-refractivity contribution is -0.140. The van der Waals surface area contributed by atoms with E-state index in [-0.39, 0.29) is 23.8 Å². The van der Waals surface area contributed by atoms with Crippen molar-refractivity contribution in [3.05, 3.63) is 130 Å². The quantitative estimate of drug-likeness (QED) is 0.197. The molecule has 0 radical (unpaired) electrons. The number of nitrogens with zero attached hydrogens (tertiary/aromatic N) is 2. The summed E-state index contributed by atoms with van der Waals surface area (Å²) in [6, 6.07) is 29.1. The molecule has 0 saturated heterocycles. The van der Waals surface area contributed by atoms with Crippen LogP contribution in [0.3, 0.4) is 0 Å². The van der Waals surface area contributed by atoms with Gasteiger partial charge >= 0.3 is 0 Å². The van der Waals surface area contributed by atoms with E-state index in [4.69, 9.17) is 11.6 Å². The molecule has 0 bridgehead atoms. The summed E-state index contributed by atoms with van der Waals surface area (Å²) in [6.07, 6.45) is 0.233. The van der Waals surface area contributed by atoms with Crippen molar-refractivity contribution >= 4 is 39.1 Å². The van der Waals surface area contributed by atoms with Gasteiger partial charge in [-0.15, -0.1) is 0 Å². The summed E-state index contributed by atoms with van der Waals surface area (Å²) in [5.74, 6) is -0.858. The number of halogens is 1. The number of hydrogen-bond donors (Lipinski definition) is 1. The Morgan fingerprint density at radius 1 is 0.778 bits per heavy atom. The van der Waals surface area contributed by atoms with Crippen LogP contribution >= 0.6 is 11.6 Å². The van der Waals surface area contributed by atoms with Gasteiger partial charge in [0.1, 0.15) is 12.6 Å². The van der Waals surface area contributed by atoms with Gasteiger partial charge in [-0.1, -0.05) is 89.5 Å². The van der Waals surface area contributed by atoms with Crippen molar-refractivity contribution in [2.24, 2.45) is 0 Å². The van der Waals surface area contributed by atoms with E-state index in [0.717, 1.165) is 26.6 Å². The molecule has 4 aromatic carbocycles. The van der Waals surface area contributed by atoms with E-state index in [1.165, 1.54) is 17.0 Å². The normalized spacial score (nSPS) is 12.3. The molecule has 0 heterocycles. The Hall–Kier alpha value is -4.14. The first-order valence-electron chi connectivity index (χ1n) is 14.8. The number of sulfonamides is 1. The van der Waals surface area contributed by atoms with Gasteiger partial charge in [-0.25, -0.2) is 8.42 Å². The molecule has 4 aromatic rings. The van der Waals surface area contributed by atoms with Crippen LogP contribution in [0.4, 0.5) is 5.69 Å². The number of amides is 2. The van der Waals surface area contributed by atoms with Gasteiger partial charge in [-0.05, 0) is 82.1 Å². The topological polar surface area (TPSA) is 86.8 Å². The summed E-state index contributed by atoms with van der Waals surface area (Å²) in [7, 11) is -4.16. The molecule has 0 aliphatic carbocycles. The molecular formula is C36H40ClN3O4S. The first-order chi connectivity index (χ1) is 21.2. The monoisotopic (exact) mass is 645 g/mol. The van der Waals surface area contributed by atoms with Gasteiger partial charge < -0.3 is 10.2 Å². The zero-order chi connectivity index (χ0) is 32.8. The fraction of sp³-hybridized carbons (Fsp3) is 0.278. The molecule has 9 heteroatoms. The first kappa shape index (κ1) is 33.7. The summed E-state index contributed by atoms with van der Waals surface area (Å²) >= 11 is 6.15. The van der Waals surface area contributed by atoms with Gasteiger partial charge in [-0.3, -0.25) is 13.9 Å². The number of rotatable bonds is 11. The standard InChI is InChI=1S/C36H40ClN3O4S/c1-26-11-19-31(20-12-26)40(45(43,44)32-21-13-27(2)14-22-32)25-34(41)39(24-29-15-17-30(37)18-16-29)33(35(42)38-36(3,4)5)23-28-9-7-6-8-10-28/h6-22,33H,23-25H2,1-5H3,(H,38,42)/t33-/m0/s1. The van der Waals surface area contributed by atoms with Gasteiger partial charge in [0.2, 0.25) is 11.8 Å². The van der Waals surface area contributed by atoms with Crippen LogP contribution in [0, 0.1) is 13.8 Å². The summed E-state index contributed by atoms with van der Waals surface area (Å²) in [5, 5.41) is 3.58. The lowest BCUT2D eigenvalue weighted by Gasteiger charge is -2.35. The van der Waals surface area contributed by atoms with E-state index in [1.807, 2.05) is 65.0 Å².